The van der Waals surface area contributed by atoms with Crippen LogP contribution in [0.25, 0.3) is 0 Å². The van der Waals surface area contributed by atoms with Crippen molar-refractivity contribution in [3.8, 4) is 0 Å². The number of benzene rings is 2. The van der Waals surface area contributed by atoms with Gasteiger partial charge in [0.25, 0.3) is 0 Å². The molecule has 0 spiro atoms. The Kier molecular flexibility index (Phi) is 10.4. The number of phosphoric acid groups is 1. The number of esters is 3. The highest BCUT2D eigenvalue weighted by Crippen LogP contribution is 2.54. The van der Waals surface area contributed by atoms with Crippen molar-refractivity contribution in [2.45, 2.75) is 58.6 Å². The van der Waals surface area contributed by atoms with E-state index in [0.717, 1.165) is 13.8 Å². The van der Waals surface area contributed by atoms with E-state index >= 15 is 0 Å². The maximum absolute atomic E-state index is 13.8. The van der Waals surface area contributed by atoms with Crippen molar-refractivity contribution in [3.63, 3.8) is 0 Å². The van der Waals surface area contributed by atoms with E-state index in [2.05, 4.69) is 0 Å². The summed E-state index contributed by atoms with van der Waals surface area (Å²) in [5.74, 6) is -2.05. The van der Waals surface area contributed by atoms with E-state index < -0.39 is 50.3 Å². The number of hydrogen-bond donors (Lipinski definition) is 0. The van der Waals surface area contributed by atoms with Crippen LogP contribution >= 0.6 is 7.82 Å². The first kappa shape index (κ1) is 28.5. The molecular weight excluding hydrogens is 507 g/mol. The number of hydrogen-bond acceptors (Lipinski definition) is 11. The second-order valence-electron chi connectivity index (χ2n) is 8.06. The first-order valence-corrected chi connectivity index (χ1v) is 12.9. The van der Waals surface area contributed by atoms with Crippen LogP contribution in [0.1, 0.15) is 31.9 Å². The van der Waals surface area contributed by atoms with Crippen LogP contribution in [-0.2, 0) is 64.7 Å². The summed E-state index contributed by atoms with van der Waals surface area (Å²) >= 11 is 0. The Bertz CT molecular complexity index is 1040. The first-order chi connectivity index (χ1) is 17.6. The molecular formula is C25H29O11P. The maximum Gasteiger partial charge on any atom is 0.477 e. The highest BCUT2D eigenvalue weighted by molar-refractivity contribution is 7.48. The smallest absolute Gasteiger partial charge is 0.463 e. The fourth-order valence-electron chi connectivity index (χ4n) is 3.44. The lowest BCUT2D eigenvalue weighted by Gasteiger charge is -2.25. The largest absolute Gasteiger partial charge is 0.477 e. The van der Waals surface area contributed by atoms with E-state index in [1.165, 1.54) is 6.92 Å². The van der Waals surface area contributed by atoms with Crippen LogP contribution in [0.3, 0.4) is 0 Å². The van der Waals surface area contributed by atoms with Gasteiger partial charge in [-0.25, -0.2) is 4.57 Å². The van der Waals surface area contributed by atoms with Crippen LogP contribution in [0.15, 0.2) is 60.7 Å². The van der Waals surface area contributed by atoms with Crippen LogP contribution in [0, 0.1) is 0 Å². The van der Waals surface area contributed by atoms with Gasteiger partial charge in [0.1, 0.15) is 12.7 Å². The molecule has 1 heterocycles. The van der Waals surface area contributed by atoms with E-state index in [1.807, 2.05) is 12.1 Å². The molecule has 0 aromatic heterocycles. The van der Waals surface area contributed by atoms with Crippen LogP contribution in [0.4, 0.5) is 0 Å². The Morgan fingerprint density at radius 3 is 1.70 bits per heavy atom. The molecule has 1 saturated heterocycles. The summed E-state index contributed by atoms with van der Waals surface area (Å²) < 4.78 is 52.0. The molecule has 1 aliphatic heterocycles. The molecule has 12 heteroatoms. The number of carbonyl (C=O) groups is 3. The molecule has 0 unspecified atom stereocenters. The lowest BCUT2D eigenvalue weighted by molar-refractivity contribution is -0.173. The van der Waals surface area contributed by atoms with Crippen LogP contribution in [-0.4, -0.2) is 49.1 Å². The summed E-state index contributed by atoms with van der Waals surface area (Å²) in [7, 11) is -4.37. The van der Waals surface area contributed by atoms with Gasteiger partial charge in [-0.3, -0.25) is 28.0 Å². The monoisotopic (exact) mass is 536 g/mol. The van der Waals surface area contributed by atoms with E-state index in [9.17, 15) is 18.9 Å². The summed E-state index contributed by atoms with van der Waals surface area (Å²) in [6.45, 7) is 2.89. The predicted octanol–water partition coefficient (Wildman–Crippen LogP) is 3.70. The third kappa shape index (κ3) is 9.07. The van der Waals surface area contributed by atoms with Gasteiger partial charge in [-0.1, -0.05) is 60.7 Å². The zero-order chi connectivity index (χ0) is 26.8. The first-order valence-electron chi connectivity index (χ1n) is 11.4. The van der Waals surface area contributed by atoms with Gasteiger partial charge >= 0.3 is 25.7 Å². The second-order valence-corrected chi connectivity index (χ2v) is 9.69. The average Bonchev–Trinajstić information content (AvgIpc) is 3.16. The van der Waals surface area contributed by atoms with Crippen LogP contribution < -0.4 is 0 Å². The molecule has 37 heavy (non-hydrogen) atoms. The van der Waals surface area contributed by atoms with Gasteiger partial charge in [0.05, 0.1) is 13.2 Å². The predicted molar refractivity (Wildman–Crippen MR) is 128 cm³/mol. The average molecular weight is 536 g/mol. The van der Waals surface area contributed by atoms with Crippen molar-refractivity contribution in [1.29, 1.82) is 0 Å². The second kappa shape index (κ2) is 13.5. The van der Waals surface area contributed by atoms with Gasteiger partial charge in [-0.15, -0.1) is 0 Å². The zero-order valence-electron chi connectivity index (χ0n) is 20.6. The minimum atomic E-state index is -4.37. The summed E-state index contributed by atoms with van der Waals surface area (Å²) in [6.07, 6.45) is -5.19. The van der Waals surface area contributed by atoms with E-state index in [1.54, 1.807) is 48.5 Å². The molecule has 0 N–H and O–H groups in total. The molecule has 0 saturated carbocycles. The Hall–Kier alpha value is -3.08. The molecule has 1 aliphatic rings. The summed E-state index contributed by atoms with van der Waals surface area (Å²) in [5, 5.41) is 0. The normalized spacial score (nSPS) is 21.3. The van der Waals surface area contributed by atoms with Crippen molar-refractivity contribution in [3.05, 3.63) is 71.8 Å². The van der Waals surface area contributed by atoms with Gasteiger partial charge in [-0.2, -0.15) is 0 Å². The standard InChI is InChI=1S/C25H29O11P/c1-17(26)30-16-22-23(33-18(2)27)24(34-19(3)28)25(35-22)36-37(29,31-14-20-10-6-4-7-11-20)32-15-21-12-8-5-9-13-21/h4-13,22-25H,14-16H2,1-3H3/t22-,23-,24+,25+/m0/s1. The fourth-order valence-corrected chi connectivity index (χ4v) is 4.68. The molecule has 200 valence electrons. The fraction of sp³-hybridized carbons (Fsp3) is 0.400. The molecule has 4 atom stereocenters. The van der Waals surface area contributed by atoms with Gasteiger partial charge in [0, 0.05) is 20.8 Å². The van der Waals surface area contributed by atoms with E-state index in [-0.39, 0.29) is 19.8 Å². The molecule has 0 radical (unpaired) electrons. The lowest BCUT2D eigenvalue weighted by Crippen LogP contribution is -2.41. The van der Waals surface area contributed by atoms with Crippen molar-refractivity contribution < 1.29 is 51.5 Å². The lowest BCUT2D eigenvalue weighted by atomic mass is 10.1. The molecule has 2 aromatic carbocycles. The molecule has 3 rings (SSSR count). The summed E-state index contributed by atoms with van der Waals surface area (Å²) in [6, 6.07) is 17.8. The Balaban J connectivity index is 1.85. The highest BCUT2D eigenvalue weighted by Gasteiger charge is 2.53. The van der Waals surface area contributed by atoms with Crippen molar-refractivity contribution >= 4 is 25.7 Å². The van der Waals surface area contributed by atoms with Gasteiger partial charge in [-0.05, 0) is 11.1 Å². The third-order valence-corrected chi connectivity index (χ3v) is 6.38. The minimum Gasteiger partial charge on any atom is -0.463 e. The number of rotatable bonds is 12. The number of ether oxygens (including phenoxy) is 4. The van der Waals surface area contributed by atoms with Gasteiger partial charge in [0.2, 0.25) is 6.29 Å². The Morgan fingerprint density at radius 2 is 1.24 bits per heavy atom. The van der Waals surface area contributed by atoms with Crippen molar-refractivity contribution in [2.24, 2.45) is 0 Å². The van der Waals surface area contributed by atoms with Crippen LogP contribution in [0.5, 0.6) is 0 Å². The van der Waals surface area contributed by atoms with E-state index in [0.29, 0.717) is 11.1 Å². The topological polar surface area (TPSA) is 133 Å². The molecule has 11 nitrogen and oxygen atoms in total. The zero-order valence-corrected chi connectivity index (χ0v) is 21.5. The maximum atomic E-state index is 13.8. The highest BCUT2D eigenvalue weighted by atomic mass is 31.2. The molecule has 0 aliphatic carbocycles. The van der Waals surface area contributed by atoms with Gasteiger partial charge < -0.3 is 18.9 Å². The number of carbonyl (C=O) groups excluding carboxylic acids is 3. The molecule has 2 aromatic rings. The Morgan fingerprint density at radius 1 is 0.757 bits per heavy atom. The third-order valence-electron chi connectivity index (χ3n) is 5.02. The summed E-state index contributed by atoms with van der Waals surface area (Å²) in [4.78, 5) is 35.0. The SMILES string of the molecule is CC(=O)OC[C@@H]1O[C@H](OP(=O)(OCc2ccccc2)OCc2ccccc2)[C@H](OC(C)=O)[C@H]1OC(C)=O. The van der Waals surface area contributed by atoms with Crippen molar-refractivity contribution in [1.82, 2.24) is 0 Å². The van der Waals surface area contributed by atoms with Crippen LogP contribution in [0.2, 0.25) is 0 Å². The van der Waals surface area contributed by atoms with Crippen molar-refractivity contribution in [2.75, 3.05) is 6.61 Å². The molecule has 1 fully saturated rings. The quantitative estimate of drug-likeness (QED) is 0.223. The van der Waals surface area contributed by atoms with Gasteiger partial charge in [0.15, 0.2) is 12.2 Å². The Labute approximate surface area is 214 Å². The minimum absolute atomic E-state index is 0.123. The number of phosphoric ester groups is 1. The molecule has 0 amide bonds. The van der Waals surface area contributed by atoms with E-state index in [4.69, 9.17) is 32.5 Å². The summed E-state index contributed by atoms with van der Waals surface area (Å²) in [5.41, 5.74) is 1.40. The molecule has 0 bridgehead atoms.